The number of aliphatic hydroxyl groups excluding tert-OH is 1. The lowest BCUT2D eigenvalue weighted by Gasteiger charge is -2.69. The number of esters is 2. The molecule has 44 heavy (non-hydrogen) atoms. The topological polar surface area (TPSA) is 133 Å². The minimum Gasteiger partial charge on any atom is -0.455 e. The van der Waals surface area contributed by atoms with Gasteiger partial charge in [0.25, 0.3) is 0 Å². The van der Waals surface area contributed by atoms with E-state index in [1.54, 1.807) is 45.6 Å². The van der Waals surface area contributed by atoms with Crippen LogP contribution in [0.25, 0.3) is 0 Å². The highest BCUT2D eigenvalue weighted by atomic mass is 16.6. The lowest BCUT2D eigenvalue weighted by atomic mass is 9.43. The van der Waals surface area contributed by atoms with Crippen LogP contribution in [-0.4, -0.2) is 123 Å². The summed E-state index contributed by atoms with van der Waals surface area (Å²) in [6.45, 7) is 2.56. The van der Waals surface area contributed by atoms with Crippen molar-refractivity contribution < 1.29 is 48.2 Å². The van der Waals surface area contributed by atoms with E-state index >= 15 is 0 Å². The Kier molecular flexibility index (Phi) is 7.07. The van der Waals surface area contributed by atoms with Gasteiger partial charge in [-0.25, -0.2) is 4.79 Å². The number of ether oxygens (including phenoxy) is 6. The quantitative estimate of drug-likeness (QED) is 0.410. The van der Waals surface area contributed by atoms with E-state index in [-0.39, 0.29) is 35.8 Å². The molecule has 0 amide bonds. The Morgan fingerprint density at radius 3 is 2.36 bits per heavy atom. The molecule has 1 aromatic rings. The molecule has 2 N–H and O–H groups in total. The van der Waals surface area contributed by atoms with Gasteiger partial charge in [-0.3, -0.25) is 4.79 Å². The normalized spacial score (nSPS) is 49.9. The SMILES string of the molecule is COC[C@@]12CCC(OC)C34C5C[C@@]6(O)C(OC(=O)c7ccccc7)C5[C@@](OC(C)=O)(C(C(OC)C31)C4N(C)C2)C(O)[C@@H]6OC. The zero-order valence-corrected chi connectivity index (χ0v) is 26.3. The Morgan fingerprint density at radius 1 is 1.02 bits per heavy atom. The Balaban J connectivity index is 1.51. The molecule has 5 aliphatic carbocycles. The van der Waals surface area contributed by atoms with Crippen LogP contribution in [0.15, 0.2) is 30.3 Å². The number of nitrogens with zero attached hydrogens (tertiary/aromatic N) is 1. The first-order valence-corrected chi connectivity index (χ1v) is 15.7. The van der Waals surface area contributed by atoms with E-state index in [9.17, 15) is 19.8 Å². The van der Waals surface area contributed by atoms with Gasteiger partial charge in [-0.2, -0.15) is 0 Å². The fourth-order valence-electron chi connectivity index (χ4n) is 12.3. The number of benzene rings is 1. The first kappa shape index (κ1) is 30.5. The highest BCUT2D eigenvalue weighted by Crippen LogP contribution is 2.80. The molecule has 10 unspecified atom stereocenters. The first-order chi connectivity index (χ1) is 21.0. The van der Waals surface area contributed by atoms with E-state index in [0.717, 1.165) is 19.4 Å². The van der Waals surface area contributed by atoms with Gasteiger partial charge < -0.3 is 43.5 Å². The number of aliphatic hydroxyl groups is 2. The van der Waals surface area contributed by atoms with Crippen molar-refractivity contribution in [1.29, 1.82) is 0 Å². The Morgan fingerprint density at radius 2 is 1.75 bits per heavy atom. The van der Waals surface area contributed by atoms with E-state index in [0.29, 0.717) is 12.2 Å². The smallest absolute Gasteiger partial charge is 0.338 e. The van der Waals surface area contributed by atoms with Gasteiger partial charge in [-0.15, -0.1) is 0 Å². The summed E-state index contributed by atoms with van der Waals surface area (Å²) in [5.74, 6) is -2.96. The third-order valence-electron chi connectivity index (χ3n) is 12.8. The molecule has 7 bridgehead atoms. The van der Waals surface area contributed by atoms with Gasteiger partial charge >= 0.3 is 11.9 Å². The number of fused-ring (bicyclic) bond motifs is 2. The second-order valence-corrected chi connectivity index (χ2v) is 14.2. The van der Waals surface area contributed by atoms with Crippen molar-refractivity contribution in [3.8, 4) is 0 Å². The Hall–Kier alpha value is -2.12. The highest BCUT2D eigenvalue weighted by molar-refractivity contribution is 5.89. The van der Waals surface area contributed by atoms with Gasteiger partial charge in [0.2, 0.25) is 0 Å². The maximum Gasteiger partial charge on any atom is 0.338 e. The third-order valence-corrected chi connectivity index (χ3v) is 12.8. The molecule has 1 saturated heterocycles. The maximum absolute atomic E-state index is 13.7. The molecule has 7 rings (SSSR count). The van der Waals surface area contributed by atoms with E-state index in [2.05, 4.69) is 11.9 Å². The number of methoxy groups -OCH3 is 4. The van der Waals surface area contributed by atoms with Crippen molar-refractivity contribution in [3.05, 3.63) is 35.9 Å². The summed E-state index contributed by atoms with van der Waals surface area (Å²) in [4.78, 5) is 29.2. The number of carbonyl (C=O) groups excluding carboxylic acids is 2. The Bertz CT molecular complexity index is 1310. The monoisotopic (exact) mass is 615 g/mol. The van der Waals surface area contributed by atoms with Gasteiger partial charge in [0.05, 0.1) is 24.4 Å². The molecule has 1 heterocycles. The fourth-order valence-corrected chi connectivity index (χ4v) is 12.3. The molecule has 11 heteroatoms. The lowest BCUT2D eigenvalue weighted by Crippen LogP contribution is -2.80. The summed E-state index contributed by atoms with van der Waals surface area (Å²) in [5, 5.41) is 25.1. The summed E-state index contributed by atoms with van der Waals surface area (Å²) in [6, 6.07) is 8.39. The van der Waals surface area contributed by atoms with E-state index in [1.165, 1.54) is 14.0 Å². The number of likely N-dealkylation sites (tertiary alicyclic amines) is 1. The Labute approximate surface area is 258 Å². The maximum atomic E-state index is 13.7. The number of rotatable bonds is 8. The molecule has 242 valence electrons. The van der Waals surface area contributed by atoms with Gasteiger partial charge in [0.15, 0.2) is 5.60 Å². The second kappa shape index (κ2) is 10.2. The predicted octanol–water partition coefficient (Wildman–Crippen LogP) is 1.29. The standard InChI is InChI=1S/C33H45NO10/c1-17(35)44-33-21-19(14-31(38,28(42-6)26(33)36)27(21)43-29(37)18-10-8-7-9-11-18)32-20(40-4)12-13-30(16-39-3)15-34(2)25(32)22(33)23(41-5)24(30)32/h7-11,19-28,36,38H,12-16H2,1-6H3/t19?,20?,21?,22?,23?,24?,25?,26?,27?,28-,30-,31+,32?,33+/m0/s1. The van der Waals surface area contributed by atoms with Crippen molar-refractivity contribution >= 4 is 11.9 Å². The first-order valence-electron chi connectivity index (χ1n) is 15.7. The van der Waals surface area contributed by atoms with Crippen LogP contribution in [0.3, 0.4) is 0 Å². The summed E-state index contributed by atoms with van der Waals surface area (Å²) >= 11 is 0. The molecule has 6 fully saturated rings. The predicted molar refractivity (Wildman–Crippen MR) is 154 cm³/mol. The minimum absolute atomic E-state index is 0.103. The number of hydrogen-bond acceptors (Lipinski definition) is 11. The molecular formula is C33H45NO10. The molecular weight excluding hydrogens is 570 g/mol. The van der Waals surface area contributed by atoms with Crippen LogP contribution >= 0.6 is 0 Å². The van der Waals surface area contributed by atoms with Gasteiger partial charge in [0.1, 0.15) is 23.9 Å². The van der Waals surface area contributed by atoms with E-state index < -0.39 is 64.8 Å². The average molecular weight is 616 g/mol. The fraction of sp³-hybridized carbons (Fsp3) is 0.758. The lowest BCUT2D eigenvalue weighted by molar-refractivity contribution is -0.316. The summed E-state index contributed by atoms with van der Waals surface area (Å²) < 4.78 is 37.5. The van der Waals surface area contributed by atoms with Gasteiger partial charge in [-0.1, -0.05) is 18.2 Å². The minimum atomic E-state index is -1.76. The molecule has 1 aliphatic heterocycles. The van der Waals surface area contributed by atoms with Crippen molar-refractivity contribution in [2.45, 2.75) is 73.9 Å². The molecule has 6 aliphatic rings. The van der Waals surface area contributed by atoms with E-state index in [1.807, 2.05) is 6.07 Å². The number of piperidine rings is 1. The average Bonchev–Trinajstić information content (AvgIpc) is 3.39. The van der Waals surface area contributed by atoms with Crippen LogP contribution in [0.2, 0.25) is 0 Å². The van der Waals surface area contributed by atoms with E-state index in [4.69, 9.17) is 28.4 Å². The summed E-state index contributed by atoms with van der Waals surface area (Å²) in [7, 11) is 8.63. The molecule has 1 spiro atoms. The summed E-state index contributed by atoms with van der Waals surface area (Å²) in [6.07, 6.45) is -2.66. The van der Waals surface area contributed by atoms with Crippen LogP contribution < -0.4 is 0 Å². The molecule has 1 aromatic carbocycles. The van der Waals surface area contributed by atoms with Gasteiger partial charge in [-0.05, 0) is 44.4 Å². The van der Waals surface area contributed by atoms with Crippen molar-refractivity contribution in [3.63, 3.8) is 0 Å². The largest absolute Gasteiger partial charge is 0.455 e. The van der Waals surface area contributed by atoms with Crippen LogP contribution in [0.5, 0.6) is 0 Å². The van der Waals surface area contributed by atoms with Crippen LogP contribution in [0.1, 0.15) is 36.5 Å². The molecule has 0 radical (unpaired) electrons. The summed E-state index contributed by atoms with van der Waals surface area (Å²) in [5.41, 5.74) is -3.93. The molecule has 5 saturated carbocycles. The van der Waals surface area contributed by atoms with Crippen LogP contribution in [0.4, 0.5) is 0 Å². The van der Waals surface area contributed by atoms with Crippen molar-refractivity contribution in [2.75, 3.05) is 48.6 Å². The molecule has 14 atom stereocenters. The number of carbonyl (C=O) groups is 2. The van der Waals surface area contributed by atoms with Crippen LogP contribution in [-0.2, 0) is 33.2 Å². The zero-order chi connectivity index (χ0) is 31.4. The number of hydrogen-bond donors (Lipinski definition) is 2. The molecule has 11 nitrogen and oxygen atoms in total. The zero-order valence-electron chi connectivity index (χ0n) is 26.3. The second-order valence-electron chi connectivity index (χ2n) is 14.2. The third kappa shape index (κ3) is 3.41. The van der Waals surface area contributed by atoms with Crippen molar-refractivity contribution in [1.82, 2.24) is 4.90 Å². The molecule has 0 aromatic heterocycles. The van der Waals surface area contributed by atoms with Crippen molar-refractivity contribution in [2.24, 2.45) is 34.5 Å². The highest BCUT2D eigenvalue weighted by Gasteiger charge is 2.91. The van der Waals surface area contributed by atoms with Crippen LogP contribution in [0, 0.1) is 34.5 Å². The van der Waals surface area contributed by atoms with Gasteiger partial charge in [0, 0.05) is 76.5 Å².